The zero-order valence-corrected chi connectivity index (χ0v) is 20.6. The van der Waals surface area contributed by atoms with Gasteiger partial charge in [0, 0.05) is 41.3 Å². The Morgan fingerprint density at radius 3 is 1.77 bits per heavy atom. The Balaban J connectivity index is 0.000000320. The first kappa shape index (κ1) is 29.9. The lowest BCUT2D eigenvalue weighted by atomic mass is 9.97. The summed E-state index contributed by atoms with van der Waals surface area (Å²) in [5, 5.41) is 31.2. The number of hydrogen-bond acceptors (Lipinski definition) is 7. The van der Waals surface area contributed by atoms with Crippen LogP contribution in [0.4, 0.5) is 0 Å². The molecule has 0 saturated carbocycles. The molecule has 0 bridgehead atoms. The quantitative estimate of drug-likeness (QED) is 0.419. The number of piperidine rings is 1. The van der Waals surface area contributed by atoms with Gasteiger partial charge in [-0.15, -0.1) is 11.8 Å². The Morgan fingerprint density at radius 2 is 1.31 bits per heavy atom. The highest BCUT2D eigenvalue weighted by atomic mass is 32.2. The molecule has 0 spiro atoms. The number of carboxylic acids is 4. The van der Waals surface area contributed by atoms with E-state index in [1.807, 2.05) is 11.8 Å². The van der Waals surface area contributed by atoms with Gasteiger partial charge in [-0.2, -0.15) is 0 Å². The lowest BCUT2D eigenvalue weighted by Gasteiger charge is -2.41. The van der Waals surface area contributed by atoms with Gasteiger partial charge in [0.25, 0.3) is 0 Å². The number of aliphatic carboxylic acids is 4. The highest BCUT2D eigenvalue weighted by Gasteiger charge is 2.29. The molecule has 1 saturated heterocycles. The maximum Gasteiger partial charge on any atom is 0.328 e. The van der Waals surface area contributed by atoms with Crippen molar-refractivity contribution in [2.45, 2.75) is 36.2 Å². The van der Waals surface area contributed by atoms with E-state index in [9.17, 15) is 19.2 Å². The van der Waals surface area contributed by atoms with Crippen LogP contribution in [0.25, 0.3) is 0 Å². The molecule has 11 heteroatoms. The molecule has 4 N–H and O–H groups in total. The van der Waals surface area contributed by atoms with Crippen LogP contribution in [0.1, 0.15) is 30.9 Å². The first-order valence-corrected chi connectivity index (χ1v) is 11.9. The van der Waals surface area contributed by atoms with Gasteiger partial charge in [-0.3, -0.25) is 4.90 Å². The van der Waals surface area contributed by atoms with Crippen LogP contribution < -0.4 is 0 Å². The summed E-state index contributed by atoms with van der Waals surface area (Å²) in [6, 6.07) is 10.4. The Morgan fingerprint density at radius 1 is 0.857 bits per heavy atom. The molecule has 10 nitrogen and oxygen atoms in total. The minimum Gasteiger partial charge on any atom is -0.478 e. The van der Waals surface area contributed by atoms with Crippen LogP contribution in [-0.2, 0) is 19.2 Å². The predicted molar refractivity (Wildman–Crippen MR) is 132 cm³/mol. The highest BCUT2D eigenvalue weighted by Crippen LogP contribution is 2.40. The maximum absolute atomic E-state index is 9.55. The summed E-state index contributed by atoms with van der Waals surface area (Å²) in [5.74, 6) is -3.77. The number of rotatable bonds is 6. The van der Waals surface area contributed by atoms with Crippen LogP contribution in [0, 0.1) is 0 Å². The number of carbonyl (C=O) groups is 4. The third-order valence-corrected chi connectivity index (χ3v) is 6.54. The number of nitrogens with zero attached hydrogens (tertiary/aromatic N) is 2. The van der Waals surface area contributed by atoms with Crippen molar-refractivity contribution >= 4 is 35.6 Å². The number of carboxylic acid groups (broad SMARTS) is 4. The van der Waals surface area contributed by atoms with Crippen LogP contribution in [0.5, 0.6) is 0 Å². The number of thioether (sulfide) groups is 1. The van der Waals surface area contributed by atoms with Crippen molar-refractivity contribution in [3.05, 3.63) is 54.1 Å². The van der Waals surface area contributed by atoms with Gasteiger partial charge >= 0.3 is 23.9 Å². The van der Waals surface area contributed by atoms with E-state index in [-0.39, 0.29) is 0 Å². The SMILES string of the molecule is CN1CCC(N(C)C2CCSc3ccccc32)CC1.O=C(O)/C=C\C(=O)O.O=C(O)/C=C\C(=O)O. The van der Waals surface area contributed by atoms with E-state index in [2.05, 4.69) is 48.2 Å². The molecule has 0 aromatic heterocycles. The molecule has 2 aliphatic rings. The van der Waals surface area contributed by atoms with E-state index in [1.54, 1.807) is 5.56 Å². The molecular weight excluding hydrogens is 476 g/mol. The van der Waals surface area contributed by atoms with E-state index in [4.69, 9.17) is 20.4 Å². The second-order valence-electron chi connectivity index (χ2n) is 7.91. The van der Waals surface area contributed by atoms with Crippen LogP contribution in [-0.4, -0.2) is 93.1 Å². The molecule has 0 aliphatic carbocycles. The minimum absolute atomic E-state index is 0.558. The van der Waals surface area contributed by atoms with Gasteiger partial charge in [0.1, 0.15) is 0 Å². The smallest absolute Gasteiger partial charge is 0.328 e. The lowest BCUT2D eigenvalue weighted by molar-refractivity contribution is -0.134. The first-order chi connectivity index (χ1) is 16.5. The van der Waals surface area contributed by atoms with Crippen molar-refractivity contribution in [3.63, 3.8) is 0 Å². The largest absolute Gasteiger partial charge is 0.478 e. The van der Waals surface area contributed by atoms with E-state index in [0.717, 1.165) is 6.04 Å². The first-order valence-electron chi connectivity index (χ1n) is 10.9. The summed E-state index contributed by atoms with van der Waals surface area (Å²) >= 11 is 2.02. The van der Waals surface area contributed by atoms with Crippen molar-refractivity contribution in [1.82, 2.24) is 9.80 Å². The molecule has 3 rings (SSSR count). The van der Waals surface area contributed by atoms with Crippen molar-refractivity contribution in [2.24, 2.45) is 0 Å². The number of benzene rings is 1. The van der Waals surface area contributed by atoms with Gasteiger partial charge in [-0.1, -0.05) is 18.2 Å². The molecule has 1 atom stereocenters. The summed E-state index contributed by atoms with van der Waals surface area (Å²) in [5.41, 5.74) is 1.56. The number of hydrogen-bond donors (Lipinski definition) is 4. The van der Waals surface area contributed by atoms with Crippen molar-refractivity contribution in [1.29, 1.82) is 0 Å². The second-order valence-corrected chi connectivity index (χ2v) is 9.05. The second kappa shape index (κ2) is 15.7. The summed E-state index contributed by atoms with van der Waals surface area (Å²) in [7, 11) is 4.58. The molecule has 0 amide bonds. The molecular formula is C24H32N2O8S. The van der Waals surface area contributed by atoms with Crippen LogP contribution >= 0.6 is 11.8 Å². The summed E-state index contributed by atoms with van der Waals surface area (Å²) in [4.78, 5) is 44.8. The number of likely N-dealkylation sites (tertiary alicyclic amines) is 1. The van der Waals surface area contributed by atoms with E-state index in [1.165, 1.54) is 43.0 Å². The molecule has 0 radical (unpaired) electrons. The summed E-state index contributed by atoms with van der Waals surface area (Å²) < 4.78 is 0. The molecule has 1 aromatic rings. The minimum atomic E-state index is -1.26. The van der Waals surface area contributed by atoms with Gasteiger partial charge in [0.2, 0.25) is 0 Å². The predicted octanol–water partition coefficient (Wildman–Crippen LogP) is 2.67. The topological polar surface area (TPSA) is 156 Å². The average molecular weight is 509 g/mol. The Hall–Kier alpha value is -3.15. The molecule has 1 unspecified atom stereocenters. The fourth-order valence-electron chi connectivity index (χ4n) is 3.69. The van der Waals surface area contributed by atoms with Gasteiger partial charge in [0.15, 0.2) is 0 Å². The Kier molecular flexibility index (Phi) is 13.4. The fourth-order valence-corrected chi connectivity index (χ4v) is 4.79. The Bertz CT molecular complexity index is 860. The monoisotopic (exact) mass is 508 g/mol. The summed E-state index contributed by atoms with van der Waals surface area (Å²) in [6.07, 6.45) is 6.16. The lowest BCUT2D eigenvalue weighted by Crippen LogP contribution is -2.43. The van der Waals surface area contributed by atoms with E-state index in [0.29, 0.717) is 30.3 Å². The van der Waals surface area contributed by atoms with Crippen molar-refractivity contribution in [3.8, 4) is 0 Å². The van der Waals surface area contributed by atoms with Gasteiger partial charge in [-0.25, -0.2) is 19.2 Å². The molecule has 2 heterocycles. The van der Waals surface area contributed by atoms with E-state index < -0.39 is 23.9 Å². The van der Waals surface area contributed by atoms with Crippen LogP contribution in [0.15, 0.2) is 53.5 Å². The van der Waals surface area contributed by atoms with Crippen molar-refractivity contribution < 1.29 is 39.6 Å². The molecule has 35 heavy (non-hydrogen) atoms. The van der Waals surface area contributed by atoms with Crippen LogP contribution in [0.3, 0.4) is 0 Å². The van der Waals surface area contributed by atoms with E-state index >= 15 is 0 Å². The molecule has 192 valence electrons. The van der Waals surface area contributed by atoms with Gasteiger partial charge < -0.3 is 25.3 Å². The molecule has 1 aromatic carbocycles. The normalized spacial score (nSPS) is 18.2. The average Bonchev–Trinajstić information content (AvgIpc) is 2.82. The molecule has 1 fully saturated rings. The zero-order chi connectivity index (χ0) is 26.4. The standard InChI is InChI=1S/C16H24N2S.2C4H4O4/c1-17-10-7-13(8-11-17)18(2)15-9-12-19-16-6-4-3-5-14(15)16;2*5-3(6)1-2-4(7)8/h3-6,13,15H,7-12H2,1-2H3;2*1-2H,(H,5,6)(H,7,8)/b;2*2-1-. The molecule has 2 aliphatic heterocycles. The fraction of sp³-hybridized carbons (Fsp3) is 0.417. The van der Waals surface area contributed by atoms with Gasteiger partial charge in [-0.05, 0) is 63.8 Å². The Labute approximate surface area is 208 Å². The van der Waals surface area contributed by atoms with Gasteiger partial charge in [0.05, 0.1) is 0 Å². The van der Waals surface area contributed by atoms with Crippen LogP contribution in [0.2, 0.25) is 0 Å². The summed E-state index contributed by atoms with van der Waals surface area (Å²) in [6.45, 7) is 2.50. The highest BCUT2D eigenvalue weighted by molar-refractivity contribution is 7.99. The van der Waals surface area contributed by atoms with Crippen molar-refractivity contribution in [2.75, 3.05) is 32.9 Å². The zero-order valence-electron chi connectivity index (χ0n) is 19.7. The maximum atomic E-state index is 9.55. The number of fused-ring (bicyclic) bond motifs is 1. The third kappa shape index (κ3) is 12.2. The third-order valence-electron chi connectivity index (χ3n) is 5.42.